The summed E-state index contributed by atoms with van der Waals surface area (Å²) in [6.45, 7) is -1.28. The Bertz CT molecular complexity index is 798. The van der Waals surface area contributed by atoms with Gasteiger partial charge < -0.3 is 20.1 Å². The second kappa shape index (κ2) is 5.17. The number of nitrogens with zero attached hydrogens (tertiary/aromatic N) is 4. The lowest BCUT2D eigenvalue weighted by Crippen LogP contribution is -2.31. The highest BCUT2D eigenvalue weighted by molar-refractivity contribution is 6.28. The Hall–Kier alpha value is -1.65. The molecule has 2 heterocycles. The minimum atomic E-state index is -4.42. The summed E-state index contributed by atoms with van der Waals surface area (Å²) in [7, 11) is 0. The lowest BCUT2D eigenvalue weighted by atomic mass is 10.1. The number of aromatic nitrogens is 4. The average Bonchev–Trinajstić information content (AvgIpc) is 3.10. The first kappa shape index (κ1) is 15.9. The van der Waals surface area contributed by atoms with E-state index >= 15 is 0 Å². The normalized spacial score (nSPS) is 32.2. The second-order valence-electron chi connectivity index (χ2n) is 6.17. The zero-order chi connectivity index (χ0) is 17.2. The molecule has 130 valence electrons. The minimum absolute atomic E-state index is 0.0302. The van der Waals surface area contributed by atoms with Crippen molar-refractivity contribution in [3.05, 3.63) is 11.6 Å². The van der Waals surface area contributed by atoms with E-state index < -0.39 is 31.0 Å². The summed E-state index contributed by atoms with van der Waals surface area (Å²) in [6.07, 6.45) is -4.06. The molecule has 0 radical (unpaired) electrons. The second-order valence-corrected chi connectivity index (χ2v) is 6.51. The zero-order valence-electron chi connectivity index (χ0n) is 12.1. The molecule has 0 amide bonds. The fourth-order valence-corrected chi connectivity index (χ4v) is 3.68. The van der Waals surface area contributed by atoms with Crippen LogP contribution in [0.2, 0.25) is 5.28 Å². The van der Waals surface area contributed by atoms with E-state index in [0.29, 0.717) is 0 Å². The largest absolute Gasteiger partial charge is 0.405 e. The van der Waals surface area contributed by atoms with Crippen LogP contribution in [0.1, 0.15) is 12.5 Å². The van der Waals surface area contributed by atoms with Crippen LogP contribution in [-0.4, -0.2) is 54.7 Å². The van der Waals surface area contributed by atoms with E-state index in [2.05, 4.69) is 20.3 Å². The van der Waals surface area contributed by atoms with Gasteiger partial charge in [-0.1, -0.05) is 0 Å². The van der Waals surface area contributed by atoms with Crippen LogP contribution in [0.15, 0.2) is 6.33 Å². The lowest BCUT2D eigenvalue weighted by molar-refractivity contribution is -0.115. The molecule has 2 aromatic rings. The van der Waals surface area contributed by atoms with Gasteiger partial charge in [-0.3, -0.25) is 0 Å². The summed E-state index contributed by atoms with van der Waals surface area (Å²) in [5.74, 6) is -0.00299. The van der Waals surface area contributed by atoms with Crippen molar-refractivity contribution >= 4 is 28.6 Å². The van der Waals surface area contributed by atoms with Gasteiger partial charge in [-0.15, -0.1) is 0 Å². The number of rotatable bonds is 3. The van der Waals surface area contributed by atoms with Crippen molar-refractivity contribution in [3.8, 4) is 0 Å². The topological polar surface area (TPSA) is 96.1 Å². The van der Waals surface area contributed by atoms with Crippen LogP contribution in [0, 0.1) is 11.8 Å². The van der Waals surface area contributed by atoms with Crippen LogP contribution >= 0.6 is 11.6 Å². The van der Waals surface area contributed by atoms with E-state index in [-0.39, 0.29) is 34.1 Å². The van der Waals surface area contributed by atoms with Crippen molar-refractivity contribution < 1.29 is 23.4 Å². The number of alkyl halides is 3. The number of halogens is 4. The molecule has 0 spiro atoms. The maximum atomic E-state index is 12.4. The highest BCUT2D eigenvalue weighted by Gasteiger charge is 2.60. The molecule has 2 aliphatic rings. The highest BCUT2D eigenvalue weighted by Crippen LogP contribution is 2.57. The van der Waals surface area contributed by atoms with Gasteiger partial charge in [0.15, 0.2) is 17.0 Å². The molecule has 2 aromatic heterocycles. The molecule has 5 atom stereocenters. The van der Waals surface area contributed by atoms with Crippen molar-refractivity contribution in [1.29, 1.82) is 0 Å². The van der Waals surface area contributed by atoms with E-state index in [1.165, 1.54) is 6.33 Å². The molecular weight excluding hydrogens is 351 g/mol. The number of hydrogen-bond acceptors (Lipinski definition) is 6. The van der Waals surface area contributed by atoms with Crippen molar-refractivity contribution in [3.63, 3.8) is 0 Å². The van der Waals surface area contributed by atoms with Crippen LogP contribution in [0.3, 0.4) is 0 Å². The van der Waals surface area contributed by atoms with E-state index in [4.69, 9.17) is 11.6 Å². The predicted octanol–water partition coefficient (Wildman–Crippen LogP) is 1.37. The van der Waals surface area contributed by atoms with Gasteiger partial charge in [0.25, 0.3) is 0 Å². The summed E-state index contributed by atoms with van der Waals surface area (Å²) in [6, 6.07) is -0.434. The van der Waals surface area contributed by atoms with Gasteiger partial charge >= 0.3 is 6.18 Å². The van der Waals surface area contributed by atoms with E-state index in [1.54, 1.807) is 4.57 Å². The first-order chi connectivity index (χ1) is 11.3. The third-order valence-electron chi connectivity index (χ3n) is 4.64. The van der Waals surface area contributed by atoms with Crippen LogP contribution in [0.4, 0.5) is 19.0 Å². The first-order valence-electron chi connectivity index (χ1n) is 7.33. The van der Waals surface area contributed by atoms with E-state index in [0.717, 1.165) is 6.42 Å². The number of imidazole rings is 1. The summed E-state index contributed by atoms with van der Waals surface area (Å²) >= 11 is 5.82. The fraction of sp³-hybridized carbons (Fsp3) is 0.615. The Morgan fingerprint density at radius 3 is 2.62 bits per heavy atom. The molecule has 0 bridgehead atoms. The SMILES string of the molecule is O[C@@H]1[C@H](O)[C@@H]2C[C@@H]2[C@H]1n1cnc2c(NCC(F)(F)F)nc(Cl)nc21. The van der Waals surface area contributed by atoms with Gasteiger partial charge in [-0.05, 0) is 29.9 Å². The van der Waals surface area contributed by atoms with Crippen molar-refractivity contribution in [2.75, 3.05) is 11.9 Å². The number of anilines is 1. The van der Waals surface area contributed by atoms with E-state index in [1.807, 2.05) is 0 Å². The Morgan fingerprint density at radius 1 is 1.25 bits per heavy atom. The summed E-state index contributed by atoms with van der Waals surface area (Å²) in [5, 5.41) is 22.1. The van der Waals surface area contributed by atoms with Crippen LogP contribution < -0.4 is 5.32 Å². The maximum Gasteiger partial charge on any atom is 0.405 e. The lowest BCUT2D eigenvalue weighted by Gasteiger charge is -2.22. The van der Waals surface area contributed by atoms with Crippen molar-refractivity contribution in [2.45, 2.75) is 30.8 Å². The molecule has 0 aromatic carbocycles. The number of aliphatic hydroxyl groups excluding tert-OH is 2. The highest BCUT2D eigenvalue weighted by atomic mass is 35.5. The molecule has 0 unspecified atom stereocenters. The average molecular weight is 364 g/mol. The molecule has 2 aliphatic carbocycles. The van der Waals surface area contributed by atoms with Crippen molar-refractivity contribution in [1.82, 2.24) is 19.5 Å². The van der Waals surface area contributed by atoms with Gasteiger partial charge in [-0.2, -0.15) is 23.1 Å². The van der Waals surface area contributed by atoms with Crippen LogP contribution in [-0.2, 0) is 0 Å². The predicted molar refractivity (Wildman–Crippen MR) is 77.5 cm³/mol. The monoisotopic (exact) mass is 363 g/mol. The Balaban J connectivity index is 1.73. The van der Waals surface area contributed by atoms with Crippen LogP contribution in [0.5, 0.6) is 0 Å². The molecule has 3 N–H and O–H groups in total. The molecule has 0 saturated heterocycles. The van der Waals surface area contributed by atoms with Gasteiger partial charge in [0.05, 0.1) is 18.5 Å². The van der Waals surface area contributed by atoms with Gasteiger partial charge in [0.2, 0.25) is 5.28 Å². The van der Waals surface area contributed by atoms with Gasteiger partial charge in [0.1, 0.15) is 12.6 Å². The Labute approximate surface area is 138 Å². The molecule has 24 heavy (non-hydrogen) atoms. The van der Waals surface area contributed by atoms with Gasteiger partial charge in [-0.25, -0.2) is 4.98 Å². The number of fused-ring (bicyclic) bond motifs is 2. The van der Waals surface area contributed by atoms with Crippen molar-refractivity contribution in [2.24, 2.45) is 11.8 Å². The fourth-order valence-electron chi connectivity index (χ4n) is 3.52. The smallest absolute Gasteiger partial charge is 0.390 e. The minimum Gasteiger partial charge on any atom is -0.390 e. The molecule has 0 aliphatic heterocycles. The molecule has 4 rings (SSSR count). The molecule has 2 saturated carbocycles. The Kier molecular flexibility index (Phi) is 3.42. The third-order valence-corrected chi connectivity index (χ3v) is 4.81. The zero-order valence-corrected chi connectivity index (χ0v) is 12.8. The first-order valence-corrected chi connectivity index (χ1v) is 7.71. The molecule has 2 fully saturated rings. The number of nitrogens with one attached hydrogen (secondary N) is 1. The van der Waals surface area contributed by atoms with Gasteiger partial charge in [0, 0.05) is 0 Å². The molecular formula is C13H13ClF3N5O2. The summed E-state index contributed by atoms with van der Waals surface area (Å²) in [5.41, 5.74) is 0.359. The maximum absolute atomic E-state index is 12.4. The molecule has 11 heteroatoms. The Morgan fingerprint density at radius 2 is 2.00 bits per heavy atom. The molecule has 7 nitrogen and oxygen atoms in total. The van der Waals surface area contributed by atoms with E-state index in [9.17, 15) is 23.4 Å². The summed E-state index contributed by atoms with van der Waals surface area (Å²) in [4.78, 5) is 11.9. The summed E-state index contributed by atoms with van der Waals surface area (Å²) < 4.78 is 38.8. The number of hydrogen-bond donors (Lipinski definition) is 3. The quantitative estimate of drug-likeness (QED) is 0.713. The number of aliphatic hydroxyl groups is 2. The third kappa shape index (κ3) is 2.49. The standard InChI is InChI=1S/C13H13ClF3N5O2/c14-12-20-10(18-2-13(15,16)17)6-11(21-12)22(3-19-6)7-4-1-5(4)8(23)9(7)24/h3-5,7-9,23-24H,1-2H2,(H,18,20,21)/t4-,5+,7+,8+,9-/m0/s1. The van der Waals surface area contributed by atoms with Crippen LogP contribution in [0.25, 0.3) is 11.2 Å².